The van der Waals surface area contributed by atoms with Crippen LogP contribution < -0.4 is 0 Å². The lowest BCUT2D eigenvalue weighted by Gasteiger charge is -2.31. The van der Waals surface area contributed by atoms with Crippen molar-refractivity contribution in [3.05, 3.63) is 17.0 Å². The van der Waals surface area contributed by atoms with E-state index in [1.54, 1.807) is 0 Å². The van der Waals surface area contributed by atoms with E-state index < -0.39 is 12.1 Å². The molecule has 1 aliphatic rings. The van der Waals surface area contributed by atoms with Crippen LogP contribution in [0.25, 0.3) is 0 Å². The topological polar surface area (TPSA) is 84.7 Å². The highest BCUT2D eigenvalue weighted by Gasteiger charge is 2.31. The highest BCUT2D eigenvalue weighted by molar-refractivity contribution is 5.96. The Labute approximate surface area is 123 Å². The third-order valence-corrected chi connectivity index (χ3v) is 3.66. The normalized spacial score (nSPS) is 18.8. The van der Waals surface area contributed by atoms with Gasteiger partial charge in [0.15, 0.2) is 6.10 Å². The van der Waals surface area contributed by atoms with Crippen LogP contribution >= 0.6 is 0 Å². The maximum atomic E-state index is 12.7. The number of aromatic nitrogens is 2. The molecule has 0 saturated carbocycles. The second-order valence-electron chi connectivity index (χ2n) is 5.22. The summed E-state index contributed by atoms with van der Waals surface area (Å²) >= 11 is 0. The summed E-state index contributed by atoms with van der Waals surface area (Å²) < 4.78 is 6.98. The molecular weight excluding hydrogens is 274 g/mol. The fraction of sp³-hybridized carbons (Fsp3) is 0.643. The van der Waals surface area contributed by atoms with Crippen LogP contribution in [0.4, 0.5) is 0 Å². The molecular formula is C14H21N3O4. The number of aryl methyl sites for hydroxylation is 2. The number of rotatable bonds is 4. The standard InChI is InChI=1S/C14H21N3O4/c1-4-5-17-10(3)12(9(2)15-17)13(18)16-6-7-21-11(8-16)14(19)20/h11H,4-8H2,1-3H3,(H,19,20). The number of morpholine rings is 1. The second kappa shape index (κ2) is 6.26. The number of amides is 1. The molecule has 1 amide bonds. The minimum Gasteiger partial charge on any atom is -0.479 e. The van der Waals surface area contributed by atoms with Gasteiger partial charge >= 0.3 is 5.97 Å². The van der Waals surface area contributed by atoms with Gasteiger partial charge in [0, 0.05) is 18.8 Å². The summed E-state index contributed by atoms with van der Waals surface area (Å²) in [7, 11) is 0. The summed E-state index contributed by atoms with van der Waals surface area (Å²) in [6, 6.07) is 0. The second-order valence-corrected chi connectivity index (χ2v) is 5.22. The molecule has 0 radical (unpaired) electrons. The Bertz CT molecular complexity index is 553. The first-order chi connectivity index (χ1) is 9.95. The van der Waals surface area contributed by atoms with Crippen LogP contribution in [0.15, 0.2) is 0 Å². The van der Waals surface area contributed by atoms with Crippen LogP contribution in [0.3, 0.4) is 0 Å². The molecule has 7 nitrogen and oxygen atoms in total. The Morgan fingerprint density at radius 3 is 2.76 bits per heavy atom. The molecule has 1 aromatic rings. The number of nitrogens with zero attached hydrogens (tertiary/aromatic N) is 3. The molecule has 0 spiro atoms. The Hall–Kier alpha value is -1.89. The number of aliphatic carboxylic acids is 1. The zero-order valence-corrected chi connectivity index (χ0v) is 12.6. The van der Waals surface area contributed by atoms with E-state index in [1.807, 2.05) is 18.5 Å². The molecule has 0 aliphatic carbocycles. The van der Waals surface area contributed by atoms with Crippen LogP contribution in [0.5, 0.6) is 0 Å². The molecule has 1 aliphatic heterocycles. The van der Waals surface area contributed by atoms with Gasteiger partial charge in [-0.2, -0.15) is 5.10 Å². The van der Waals surface area contributed by atoms with Crippen LogP contribution in [0.2, 0.25) is 0 Å². The fourth-order valence-electron chi connectivity index (χ4n) is 2.58. The SMILES string of the molecule is CCCn1nc(C)c(C(=O)N2CCOC(C(=O)O)C2)c1C. The van der Waals surface area contributed by atoms with Gasteiger partial charge in [-0.1, -0.05) is 6.92 Å². The number of hydrogen-bond acceptors (Lipinski definition) is 4. The monoisotopic (exact) mass is 295 g/mol. The lowest BCUT2D eigenvalue weighted by molar-refractivity contribution is -0.154. The average molecular weight is 295 g/mol. The summed E-state index contributed by atoms with van der Waals surface area (Å²) in [5.41, 5.74) is 2.09. The highest BCUT2D eigenvalue weighted by Crippen LogP contribution is 2.18. The quantitative estimate of drug-likeness (QED) is 0.889. The molecule has 1 aromatic heterocycles. The number of carbonyl (C=O) groups is 2. The summed E-state index contributed by atoms with van der Waals surface area (Å²) in [6.45, 7) is 7.22. The third kappa shape index (κ3) is 3.07. The largest absolute Gasteiger partial charge is 0.479 e. The number of carboxylic acid groups (broad SMARTS) is 1. The van der Waals surface area contributed by atoms with Gasteiger partial charge in [0.05, 0.1) is 24.4 Å². The van der Waals surface area contributed by atoms with Crippen LogP contribution in [0, 0.1) is 13.8 Å². The molecule has 2 rings (SSSR count). The lowest BCUT2D eigenvalue weighted by Crippen LogP contribution is -2.48. The molecule has 1 N–H and O–H groups in total. The maximum Gasteiger partial charge on any atom is 0.334 e. The van der Waals surface area contributed by atoms with Crippen molar-refractivity contribution < 1.29 is 19.4 Å². The number of carboxylic acids is 1. The molecule has 1 atom stereocenters. The fourth-order valence-corrected chi connectivity index (χ4v) is 2.58. The van der Waals surface area contributed by atoms with E-state index in [0.717, 1.165) is 18.7 Å². The van der Waals surface area contributed by atoms with E-state index in [1.165, 1.54) is 4.90 Å². The highest BCUT2D eigenvalue weighted by atomic mass is 16.5. The van der Waals surface area contributed by atoms with Gasteiger partial charge in [-0.05, 0) is 20.3 Å². The first kappa shape index (κ1) is 15.5. The van der Waals surface area contributed by atoms with Gasteiger partial charge in [0.2, 0.25) is 0 Å². The van der Waals surface area contributed by atoms with Gasteiger partial charge < -0.3 is 14.7 Å². The van der Waals surface area contributed by atoms with Crippen LogP contribution in [-0.2, 0) is 16.1 Å². The van der Waals surface area contributed by atoms with Crippen molar-refractivity contribution in [1.82, 2.24) is 14.7 Å². The zero-order valence-electron chi connectivity index (χ0n) is 12.6. The molecule has 1 saturated heterocycles. The van der Waals surface area contributed by atoms with Crippen LogP contribution in [-0.4, -0.2) is 57.5 Å². The van der Waals surface area contributed by atoms with Crippen LogP contribution in [0.1, 0.15) is 35.1 Å². The van der Waals surface area contributed by atoms with E-state index in [0.29, 0.717) is 17.8 Å². The van der Waals surface area contributed by atoms with Gasteiger partial charge in [-0.15, -0.1) is 0 Å². The smallest absolute Gasteiger partial charge is 0.334 e. The van der Waals surface area contributed by atoms with E-state index >= 15 is 0 Å². The molecule has 1 fully saturated rings. The van der Waals surface area contributed by atoms with Gasteiger partial charge in [-0.3, -0.25) is 9.48 Å². The first-order valence-electron chi connectivity index (χ1n) is 7.13. The zero-order chi connectivity index (χ0) is 15.6. The third-order valence-electron chi connectivity index (χ3n) is 3.66. The minimum absolute atomic E-state index is 0.0754. The van der Waals surface area contributed by atoms with Gasteiger partial charge in [0.1, 0.15) is 0 Å². The van der Waals surface area contributed by atoms with Crippen molar-refractivity contribution in [2.75, 3.05) is 19.7 Å². The number of hydrogen-bond donors (Lipinski definition) is 1. The number of ether oxygens (including phenoxy) is 1. The van der Waals surface area contributed by atoms with E-state index in [4.69, 9.17) is 9.84 Å². The summed E-state index contributed by atoms with van der Waals surface area (Å²) in [4.78, 5) is 25.2. The van der Waals surface area contributed by atoms with Gasteiger partial charge in [0.25, 0.3) is 5.91 Å². The maximum absolute atomic E-state index is 12.7. The summed E-state index contributed by atoms with van der Waals surface area (Å²) in [5, 5.41) is 13.4. The van der Waals surface area contributed by atoms with Crippen molar-refractivity contribution in [2.24, 2.45) is 0 Å². The molecule has 7 heteroatoms. The predicted molar refractivity (Wildman–Crippen MR) is 75.3 cm³/mol. The van der Waals surface area contributed by atoms with Gasteiger partial charge in [-0.25, -0.2) is 4.79 Å². The Balaban J connectivity index is 2.22. The van der Waals surface area contributed by atoms with Crippen molar-refractivity contribution in [3.63, 3.8) is 0 Å². The Kier molecular flexibility index (Phi) is 4.62. The molecule has 21 heavy (non-hydrogen) atoms. The van der Waals surface area contributed by atoms with E-state index in [9.17, 15) is 9.59 Å². The number of carbonyl (C=O) groups excluding carboxylic acids is 1. The summed E-state index contributed by atoms with van der Waals surface area (Å²) in [5.74, 6) is -1.20. The Morgan fingerprint density at radius 1 is 1.43 bits per heavy atom. The summed E-state index contributed by atoms with van der Waals surface area (Å²) in [6.07, 6.45) is -0.0113. The molecule has 0 bridgehead atoms. The minimum atomic E-state index is -1.04. The van der Waals surface area contributed by atoms with Crippen molar-refractivity contribution >= 4 is 11.9 Å². The predicted octanol–water partition coefficient (Wildman–Crippen LogP) is 0.836. The van der Waals surface area contributed by atoms with E-state index in [-0.39, 0.29) is 19.1 Å². The van der Waals surface area contributed by atoms with Crippen molar-refractivity contribution in [1.29, 1.82) is 0 Å². The van der Waals surface area contributed by atoms with Crippen molar-refractivity contribution in [3.8, 4) is 0 Å². The molecule has 1 unspecified atom stereocenters. The Morgan fingerprint density at radius 2 is 2.14 bits per heavy atom. The lowest BCUT2D eigenvalue weighted by atomic mass is 10.1. The molecule has 0 aromatic carbocycles. The molecule has 116 valence electrons. The molecule has 2 heterocycles. The first-order valence-corrected chi connectivity index (χ1v) is 7.13. The van der Waals surface area contributed by atoms with E-state index in [2.05, 4.69) is 12.0 Å². The average Bonchev–Trinajstić information content (AvgIpc) is 2.73. The van der Waals surface area contributed by atoms with Crippen molar-refractivity contribution in [2.45, 2.75) is 39.8 Å².